The Bertz CT molecular complexity index is 483. The SMILES string of the molecule is O=C1OCC2(CCNCC2)N1Cc1ccccc1O. The molecule has 0 saturated carbocycles. The largest absolute Gasteiger partial charge is 0.508 e. The highest BCUT2D eigenvalue weighted by Crippen LogP contribution is 2.35. The Balaban J connectivity index is 1.85. The molecule has 2 aliphatic heterocycles. The molecule has 3 rings (SSSR count). The zero-order valence-corrected chi connectivity index (χ0v) is 10.8. The van der Waals surface area contributed by atoms with Gasteiger partial charge in [-0.25, -0.2) is 4.79 Å². The summed E-state index contributed by atoms with van der Waals surface area (Å²) in [6.07, 6.45) is 1.52. The smallest absolute Gasteiger partial charge is 0.410 e. The highest BCUT2D eigenvalue weighted by Gasteiger charge is 2.47. The van der Waals surface area contributed by atoms with Gasteiger partial charge in [0.15, 0.2) is 0 Å². The zero-order chi connectivity index (χ0) is 13.3. The number of aromatic hydroxyl groups is 1. The van der Waals surface area contributed by atoms with Gasteiger partial charge < -0.3 is 15.2 Å². The Labute approximate surface area is 112 Å². The topological polar surface area (TPSA) is 61.8 Å². The van der Waals surface area contributed by atoms with E-state index in [9.17, 15) is 9.90 Å². The number of phenolic OH excluding ortho intramolecular Hbond substituents is 1. The van der Waals surface area contributed by atoms with E-state index in [1.54, 1.807) is 17.0 Å². The van der Waals surface area contributed by atoms with Crippen LogP contribution in [0.1, 0.15) is 18.4 Å². The van der Waals surface area contributed by atoms with Crippen molar-refractivity contribution < 1.29 is 14.6 Å². The maximum atomic E-state index is 12.0. The van der Waals surface area contributed by atoms with Crippen LogP contribution in [0.5, 0.6) is 5.75 Å². The molecular formula is C14H18N2O3. The molecule has 5 nitrogen and oxygen atoms in total. The molecule has 0 radical (unpaired) electrons. The molecule has 2 heterocycles. The summed E-state index contributed by atoms with van der Waals surface area (Å²) in [5, 5.41) is 13.2. The first-order valence-electron chi connectivity index (χ1n) is 6.63. The second-order valence-corrected chi connectivity index (χ2v) is 5.24. The summed E-state index contributed by atoms with van der Waals surface area (Å²) < 4.78 is 5.25. The van der Waals surface area contributed by atoms with E-state index in [0.29, 0.717) is 13.2 Å². The van der Waals surface area contributed by atoms with E-state index in [2.05, 4.69) is 5.32 Å². The molecule has 2 aliphatic rings. The van der Waals surface area contributed by atoms with Gasteiger partial charge in [-0.2, -0.15) is 0 Å². The van der Waals surface area contributed by atoms with Crippen molar-refractivity contribution in [3.8, 4) is 5.75 Å². The minimum absolute atomic E-state index is 0.204. The number of ether oxygens (including phenoxy) is 1. The number of para-hydroxylation sites is 1. The lowest BCUT2D eigenvalue weighted by molar-refractivity contribution is 0.119. The summed E-state index contributed by atoms with van der Waals surface area (Å²) in [4.78, 5) is 13.7. The molecule has 102 valence electrons. The minimum Gasteiger partial charge on any atom is -0.508 e. The van der Waals surface area contributed by atoms with Crippen LogP contribution in [0.15, 0.2) is 24.3 Å². The van der Waals surface area contributed by atoms with Gasteiger partial charge in [0, 0.05) is 5.56 Å². The molecule has 2 saturated heterocycles. The van der Waals surface area contributed by atoms with Gasteiger partial charge in [0.1, 0.15) is 12.4 Å². The average Bonchev–Trinajstić information content (AvgIpc) is 2.71. The fourth-order valence-corrected chi connectivity index (χ4v) is 2.90. The molecule has 19 heavy (non-hydrogen) atoms. The fourth-order valence-electron chi connectivity index (χ4n) is 2.90. The van der Waals surface area contributed by atoms with Crippen LogP contribution in [0.3, 0.4) is 0 Å². The van der Waals surface area contributed by atoms with Crippen LogP contribution in [0.2, 0.25) is 0 Å². The standard InChI is InChI=1S/C14H18N2O3/c17-12-4-2-1-3-11(12)9-16-13(18)19-10-14(16)5-7-15-8-6-14/h1-4,15,17H,5-10H2. The summed E-state index contributed by atoms with van der Waals surface area (Å²) >= 11 is 0. The highest BCUT2D eigenvalue weighted by atomic mass is 16.6. The molecule has 0 aliphatic carbocycles. The third kappa shape index (κ3) is 2.14. The van der Waals surface area contributed by atoms with Gasteiger partial charge in [0.2, 0.25) is 0 Å². The van der Waals surface area contributed by atoms with Gasteiger partial charge in [-0.3, -0.25) is 4.90 Å². The second kappa shape index (κ2) is 4.74. The quantitative estimate of drug-likeness (QED) is 0.847. The van der Waals surface area contributed by atoms with E-state index in [-0.39, 0.29) is 17.4 Å². The number of nitrogens with one attached hydrogen (secondary N) is 1. The summed E-state index contributed by atoms with van der Waals surface area (Å²) in [7, 11) is 0. The van der Waals surface area contributed by atoms with E-state index in [1.807, 2.05) is 12.1 Å². The lowest BCUT2D eigenvalue weighted by Crippen LogP contribution is -2.53. The Morgan fingerprint density at radius 1 is 1.32 bits per heavy atom. The first kappa shape index (κ1) is 12.3. The molecule has 1 aromatic carbocycles. The van der Waals surface area contributed by atoms with Crippen LogP contribution in [0.25, 0.3) is 0 Å². The summed E-state index contributed by atoms with van der Waals surface area (Å²) in [6.45, 7) is 2.66. The molecule has 5 heteroatoms. The van der Waals surface area contributed by atoms with Crippen LogP contribution in [-0.2, 0) is 11.3 Å². The van der Waals surface area contributed by atoms with Crippen molar-refractivity contribution in [2.75, 3.05) is 19.7 Å². The van der Waals surface area contributed by atoms with Gasteiger partial charge in [-0.15, -0.1) is 0 Å². The predicted octanol–water partition coefficient (Wildman–Crippen LogP) is 1.47. The molecule has 0 bridgehead atoms. The van der Waals surface area contributed by atoms with Crippen molar-refractivity contribution in [1.29, 1.82) is 0 Å². The number of carbonyl (C=O) groups excluding carboxylic acids is 1. The van der Waals surface area contributed by atoms with Crippen LogP contribution in [0.4, 0.5) is 4.79 Å². The Hall–Kier alpha value is -1.75. The number of benzene rings is 1. The number of carbonyl (C=O) groups is 1. The van der Waals surface area contributed by atoms with Gasteiger partial charge in [0.25, 0.3) is 0 Å². The highest BCUT2D eigenvalue weighted by molar-refractivity contribution is 5.71. The molecule has 1 spiro atoms. The number of nitrogens with zero attached hydrogens (tertiary/aromatic N) is 1. The average molecular weight is 262 g/mol. The zero-order valence-electron chi connectivity index (χ0n) is 10.8. The number of piperidine rings is 1. The Morgan fingerprint density at radius 3 is 2.79 bits per heavy atom. The number of hydrogen-bond acceptors (Lipinski definition) is 4. The Morgan fingerprint density at radius 2 is 2.05 bits per heavy atom. The summed E-state index contributed by atoms with van der Waals surface area (Å²) in [6, 6.07) is 7.13. The predicted molar refractivity (Wildman–Crippen MR) is 69.8 cm³/mol. The monoisotopic (exact) mass is 262 g/mol. The normalized spacial score (nSPS) is 21.7. The lowest BCUT2D eigenvalue weighted by Gasteiger charge is -2.38. The van der Waals surface area contributed by atoms with E-state index in [0.717, 1.165) is 31.5 Å². The van der Waals surface area contributed by atoms with Gasteiger partial charge in [-0.05, 0) is 32.0 Å². The summed E-state index contributed by atoms with van der Waals surface area (Å²) in [5.74, 6) is 0.228. The third-order valence-corrected chi connectivity index (χ3v) is 4.11. The number of amides is 1. The van der Waals surface area contributed by atoms with E-state index < -0.39 is 0 Å². The lowest BCUT2D eigenvalue weighted by atomic mass is 9.88. The van der Waals surface area contributed by atoms with Crippen LogP contribution in [0, 0.1) is 0 Å². The van der Waals surface area contributed by atoms with Crippen LogP contribution < -0.4 is 5.32 Å². The first-order valence-corrected chi connectivity index (χ1v) is 6.63. The molecule has 1 amide bonds. The molecule has 2 fully saturated rings. The third-order valence-electron chi connectivity index (χ3n) is 4.11. The Kier molecular flexibility index (Phi) is 3.06. The molecular weight excluding hydrogens is 244 g/mol. The molecule has 2 N–H and O–H groups in total. The van der Waals surface area contributed by atoms with Gasteiger partial charge in [0.05, 0.1) is 12.1 Å². The number of phenols is 1. The first-order chi connectivity index (χ1) is 9.21. The van der Waals surface area contributed by atoms with Crippen molar-refractivity contribution in [3.63, 3.8) is 0 Å². The second-order valence-electron chi connectivity index (χ2n) is 5.24. The molecule has 0 aromatic heterocycles. The molecule has 0 unspecified atom stereocenters. The van der Waals surface area contributed by atoms with Crippen LogP contribution in [-0.4, -0.2) is 41.3 Å². The van der Waals surface area contributed by atoms with E-state index >= 15 is 0 Å². The maximum absolute atomic E-state index is 12.0. The van der Waals surface area contributed by atoms with Crippen molar-refractivity contribution in [2.24, 2.45) is 0 Å². The molecule has 1 aromatic rings. The van der Waals surface area contributed by atoms with Crippen molar-refractivity contribution in [1.82, 2.24) is 10.2 Å². The summed E-state index contributed by atoms with van der Waals surface area (Å²) in [5.41, 5.74) is 0.559. The van der Waals surface area contributed by atoms with Gasteiger partial charge >= 0.3 is 6.09 Å². The van der Waals surface area contributed by atoms with Crippen LogP contribution >= 0.6 is 0 Å². The van der Waals surface area contributed by atoms with Gasteiger partial charge in [-0.1, -0.05) is 18.2 Å². The number of hydrogen-bond donors (Lipinski definition) is 2. The fraction of sp³-hybridized carbons (Fsp3) is 0.500. The molecule has 0 atom stereocenters. The van der Waals surface area contributed by atoms with Crippen molar-refractivity contribution in [3.05, 3.63) is 29.8 Å². The number of rotatable bonds is 2. The number of cyclic esters (lactones) is 1. The maximum Gasteiger partial charge on any atom is 0.410 e. The van der Waals surface area contributed by atoms with E-state index in [4.69, 9.17) is 4.74 Å². The van der Waals surface area contributed by atoms with Crippen molar-refractivity contribution >= 4 is 6.09 Å². The van der Waals surface area contributed by atoms with Crippen molar-refractivity contribution in [2.45, 2.75) is 24.9 Å². The minimum atomic E-state index is -0.273. The van der Waals surface area contributed by atoms with E-state index in [1.165, 1.54) is 0 Å².